The van der Waals surface area contributed by atoms with E-state index in [0.717, 1.165) is 36.4 Å². The van der Waals surface area contributed by atoms with Crippen LogP contribution in [-0.2, 0) is 13.0 Å². The third-order valence-electron chi connectivity index (χ3n) is 12.1. The maximum atomic E-state index is 4.90. The van der Waals surface area contributed by atoms with E-state index in [9.17, 15) is 0 Å². The Balaban J connectivity index is 0.000000148. The fourth-order valence-corrected chi connectivity index (χ4v) is 8.51. The van der Waals surface area contributed by atoms with E-state index < -0.39 is 0 Å². The van der Waals surface area contributed by atoms with E-state index >= 15 is 0 Å². The van der Waals surface area contributed by atoms with Gasteiger partial charge in [-0.15, -0.1) is 0 Å². The van der Waals surface area contributed by atoms with E-state index in [-0.39, 0.29) is 0 Å². The molecule has 6 rings (SSSR count). The van der Waals surface area contributed by atoms with Crippen LogP contribution in [0.5, 0.6) is 0 Å². The van der Waals surface area contributed by atoms with Crippen molar-refractivity contribution in [2.45, 2.75) is 99.5 Å². The van der Waals surface area contributed by atoms with E-state index in [1.54, 1.807) is 0 Å². The molecule has 0 N–H and O–H groups in total. The quantitative estimate of drug-likeness (QED) is 0.427. The lowest BCUT2D eigenvalue weighted by atomic mass is 9.65. The van der Waals surface area contributed by atoms with E-state index in [4.69, 9.17) is 4.99 Å². The highest BCUT2D eigenvalue weighted by Crippen LogP contribution is 2.69. The molecule has 0 saturated heterocycles. The summed E-state index contributed by atoms with van der Waals surface area (Å²) in [5.41, 5.74) is 5.67. The number of nitrogens with zero attached hydrogens (tertiary/aromatic N) is 3. The van der Waals surface area contributed by atoms with E-state index in [1.165, 1.54) is 56.4 Å². The molecule has 194 valence electrons. The molecule has 4 fully saturated rings. The third kappa shape index (κ3) is 4.15. The van der Waals surface area contributed by atoms with Crippen molar-refractivity contribution < 1.29 is 0 Å². The van der Waals surface area contributed by atoms with Gasteiger partial charge in [0, 0.05) is 29.2 Å². The predicted octanol–water partition coefficient (Wildman–Crippen LogP) is 8.35. The van der Waals surface area contributed by atoms with Gasteiger partial charge < -0.3 is 0 Å². The van der Waals surface area contributed by atoms with E-state index in [1.807, 2.05) is 30.6 Å². The molecular formula is C33H47N3. The van der Waals surface area contributed by atoms with Crippen LogP contribution in [0.2, 0.25) is 0 Å². The number of pyridine rings is 2. The van der Waals surface area contributed by atoms with Gasteiger partial charge in [-0.05, 0) is 110 Å². The van der Waals surface area contributed by atoms with Crippen LogP contribution in [-0.4, -0.2) is 15.7 Å². The van der Waals surface area contributed by atoms with Crippen molar-refractivity contribution in [2.24, 2.45) is 44.4 Å². The van der Waals surface area contributed by atoms with E-state index in [2.05, 4.69) is 69.7 Å². The fourth-order valence-electron chi connectivity index (χ4n) is 8.51. The summed E-state index contributed by atoms with van der Waals surface area (Å²) < 4.78 is 0. The zero-order valence-corrected chi connectivity index (χ0v) is 23.6. The Kier molecular flexibility index (Phi) is 6.67. The Morgan fingerprint density at radius 2 is 1.47 bits per heavy atom. The number of aromatic nitrogens is 2. The predicted molar refractivity (Wildman–Crippen MR) is 150 cm³/mol. The highest BCUT2D eigenvalue weighted by molar-refractivity contribution is 5.94. The molecule has 3 nitrogen and oxygen atoms in total. The highest BCUT2D eigenvalue weighted by Gasteiger charge is 2.61. The molecule has 2 aromatic rings. The van der Waals surface area contributed by atoms with Gasteiger partial charge in [-0.3, -0.25) is 15.0 Å². The molecule has 4 aliphatic rings. The Hall–Kier alpha value is -2.03. The SMILES string of the molecule is CC1(C)C2CC[C@@]1(C)C(=NCc1ccccn1)C2.CC1(C)C2CC[C@@]1(C)C(CCc1ccccn1)C2. The third-order valence-corrected chi connectivity index (χ3v) is 12.1. The van der Waals surface area contributed by atoms with Gasteiger partial charge in [0.15, 0.2) is 0 Å². The maximum Gasteiger partial charge on any atom is 0.0811 e. The Morgan fingerprint density at radius 3 is 1.97 bits per heavy atom. The van der Waals surface area contributed by atoms with Crippen LogP contribution in [0.15, 0.2) is 53.8 Å². The molecule has 4 bridgehead atoms. The minimum atomic E-state index is 0.326. The molecule has 3 unspecified atom stereocenters. The zero-order valence-electron chi connectivity index (χ0n) is 23.6. The maximum absolute atomic E-state index is 4.90. The van der Waals surface area contributed by atoms with Gasteiger partial charge in [-0.25, -0.2) is 0 Å². The summed E-state index contributed by atoms with van der Waals surface area (Å²) in [4.78, 5) is 13.7. The van der Waals surface area contributed by atoms with Crippen LogP contribution in [0.25, 0.3) is 0 Å². The summed E-state index contributed by atoms with van der Waals surface area (Å²) in [6.45, 7) is 15.6. The standard InChI is InChI=1S/C17H25N.C16H22N2/c1-16(2)13-9-10-17(16,3)14(12-13)7-8-15-6-4-5-11-18-15;1-15(2)12-7-8-16(15,3)14(10-12)18-11-13-6-4-5-9-17-13/h4-6,11,13-14H,7-10,12H2,1-3H3;4-6,9,12H,7-8,10-11H2,1-3H3/t13?,14?,17-;12?,16-/m00/s1. The molecule has 4 aliphatic carbocycles. The molecule has 3 heteroatoms. The van der Waals surface area contributed by atoms with Gasteiger partial charge in [-0.1, -0.05) is 53.7 Å². The van der Waals surface area contributed by atoms with Crippen LogP contribution >= 0.6 is 0 Å². The Bertz CT molecular complexity index is 1070. The van der Waals surface area contributed by atoms with Crippen LogP contribution in [0.1, 0.15) is 97.9 Å². The number of aliphatic imine (C=N–C) groups is 1. The number of hydrogen-bond donors (Lipinski definition) is 0. The van der Waals surface area contributed by atoms with Crippen molar-refractivity contribution in [3.05, 3.63) is 60.2 Å². The number of aryl methyl sites for hydroxylation is 1. The van der Waals surface area contributed by atoms with Crippen molar-refractivity contribution in [1.82, 2.24) is 9.97 Å². The van der Waals surface area contributed by atoms with Crippen molar-refractivity contribution in [3.63, 3.8) is 0 Å². The summed E-state index contributed by atoms with van der Waals surface area (Å²) in [6.07, 6.45) is 14.5. The number of hydrogen-bond acceptors (Lipinski definition) is 3. The highest BCUT2D eigenvalue weighted by atomic mass is 14.8. The zero-order chi connectivity index (χ0) is 25.6. The van der Waals surface area contributed by atoms with Crippen LogP contribution < -0.4 is 0 Å². The first kappa shape index (κ1) is 25.6. The first-order valence-electron chi connectivity index (χ1n) is 14.4. The Morgan fingerprint density at radius 1 is 0.806 bits per heavy atom. The molecule has 0 radical (unpaired) electrons. The molecule has 5 atom stereocenters. The minimum absolute atomic E-state index is 0.326. The topological polar surface area (TPSA) is 38.1 Å². The van der Waals surface area contributed by atoms with E-state index in [0.29, 0.717) is 21.7 Å². The summed E-state index contributed by atoms with van der Waals surface area (Å²) in [6, 6.07) is 12.3. The van der Waals surface area contributed by atoms with Gasteiger partial charge in [-0.2, -0.15) is 0 Å². The Labute approximate surface area is 219 Å². The lowest BCUT2D eigenvalue weighted by Gasteiger charge is -2.39. The lowest BCUT2D eigenvalue weighted by Crippen LogP contribution is -2.32. The number of rotatable bonds is 5. The van der Waals surface area contributed by atoms with Crippen LogP contribution in [0.3, 0.4) is 0 Å². The second-order valence-corrected chi connectivity index (χ2v) is 13.7. The molecule has 0 spiro atoms. The first-order chi connectivity index (χ1) is 17.1. The molecule has 0 aliphatic heterocycles. The van der Waals surface area contributed by atoms with Crippen molar-refractivity contribution in [1.29, 1.82) is 0 Å². The minimum Gasteiger partial charge on any atom is -0.287 e. The van der Waals surface area contributed by atoms with Crippen molar-refractivity contribution in [2.75, 3.05) is 0 Å². The van der Waals surface area contributed by atoms with Gasteiger partial charge >= 0.3 is 0 Å². The fraction of sp³-hybridized carbons (Fsp3) is 0.667. The second kappa shape index (κ2) is 9.37. The normalized spacial score (nSPS) is 36.2. The van der Waals surface area contributed by atoms with Gasteiger partial charge in [0.25, 0.3) is 0 Å². The summed E-state index contributed by atoms with van der Waals surface area (Å²) >= 11 is 0. The molecule has 36 heavy (non-hydrogen) atoms. The summed E-state index contributed by atoms with van der Waals surface area (Å²) in [7, 11) is 0. The van der Waals surface area contributed by atoms with Crippen LogP contribution in [0, 0.1) is 39.4 Å². The molecule has 2 aromatic heterocycles. The summed E-state index contributed by atoms with van der Waals surface area (Å²) in [5, 5.41) is 0. The average Bonchev–Trinajstić information content (AvgIpc) is 3.40. The van der Waals surface area contributed by atoms with Gasteiger partial charge in [0.1, 0.15) is 0 Å². The lowest BCUT2D eigenvalue weighted by molar-refractivity contribution is 0.0978. The summed E-state index contributed by atoms with van der Waals surface area (Å²) in [5.74, 6) is 2.72. The van der Waals surface area contributed by atoms with Crippen LogP contribution in [0.4, 0.5) is 0 Å². The molecule has 0 amide bonds. The van der Waals surface area contributed by atoms with Crippen molar-refractivity contribution in [3.8, 4) is 0 Å². The molecule has 2 heterocycles. The molecular weight excluding hydrogens is 438 g/mol. The average molecular weight is 486 g/mol. The van der Waals surface area contributed by atoms with Gasteiger partial charge in [0.05, 0.1) is 12.2 Å². The first-order valence-corrected chi connectivity index (χ1v) is 14.4. The monoisotopic (exact) mass is 485 g/mol. The smallest absolute Gasteiger partial charge is 0.0811 e. The number of fused-ring (bicyclic) bond motifs is 4. The second-order valence-electron chi connectivity index (χ2n) is 13.7. The molecule has 4 saturated carbocycles. The van der Waals surface area contributed by atoms with Crippen molar-refractivity contribution >= 4 is 5.71 Å². The largest absolute Gasteiger partial charge is 0.287 e. The van der Waals surface area contributed by atoms with Gasteiger partial charge in [0.2, 0.25) is 0 Å². The molecule has 0 aromatic carbocycles.